The Morgan fingerprint density at radius 1 is 1.16 bits per heavy atom. The first-order valence-electron chi connectivity index (χ1n) is 5.76. The van der Waals surface area contributed by atoms with Crippen molar-refractivity contribution in [2.45, 2.75) is 0 Å². The molecule has 0 saturated heterocycles. The van der Waals surface area contributed by atoms with E-state index in [9.17, 15) is 9.65 Å². The van der Waals surface area contributed by atoms with Gasteiger partial charge in [-0.2, -0.15) is 5.26 Å². The van der Waals surface area contributed by atoms with Gasteiger partial charge in [-0.05, 0) is 18.2 Å². The van der Waals surface area contributed by atoms with Crippen LogP contribution in [-0.4, -0.2) is 7.11 Å². The monoisotopic (exact) mass is 253 g/mol. The Labute approximate surface area is 111 Å². The van der Waals surface area contributed by atoms with E-state index in [0.29, 0.717) is 5.75 Å². The fourth-order valence-corrected chi connectivity index (χ4v) is 1.79. The third-order valence-electron chi connectivity index (χ3n) is 2.72. The van der Waals surface area contributed by atoms with Crippen LogP contribution in [0.1, 0.15) is 11.1 Å². The maximum Gasteiger partial charge on any atom is 0.131 e. The van der Waals surface area contributed by atoms with Gasteiger partial charge in [-0.25, -0.2) is 4.39 Å². The van der Waals surface area contributed by atoms with Gasteiger partial charge in [-0.1, -0.05) is 36.4 Å². The predicted octanol–water partition coefficient (Wildman–Crippen LogP) is 3.90. The van der Waals surface area contributed by atoms with Crippen LogP contribution in [0.2, 0.25) is 0 Å². The lowest BCUT2D eigenvalue weighted by molar-refractivity contribution is 0.414. The minimum absolute atomic E-state index is 0.266. The average Bonchev–Trinajstić information content (AvgIpc) is 2.46. The largest absolute Gasteiger partial charge is 0.496 e. The SMILES string of the molecule is COc1ccccc1C=C(C#N)c1ccccc1F. The van der Waals surface area contributed by atoms with Crippen molar-refractivity contribution >= 4 is 11.6 Å². The van der Waals surface area contributed by atoms with Crippen molar-refractivity contribution in [2.75, 3.05) is 7.11 Å². The molecule has 0 bridgehead atoms. The molecule has 0 radical (unpaired) electrons. The number of methoxy groups -OCH3 is 1. The maximum absolute atomic E-state index is 13.7. The molecule has 0 aliphatic carbocycles. The molecular weight excluding hydrogens is 241 g/mol. The molecule has 0 heterocycles. The minimum atomic E-state index is -0.412. The molecule has 0 spiro atoms. The molecule has 2 aromatic carbocycles. The van der Waals surface area contributed by atoms with Crippen LogP contribution < -0.4 is 4.74 Å². The number of hydrogen-bond acceptors (Lipinski definition) is 2. The summed E-state index contributed by atoms with van der Waals surface area (Å²) in [5, 5.41) is 9.20. The smallest absolute Gasteiger partial charge is 0.131 e. The van der Waals surface area contributed by atoms with E-state index in [1.54, 1.807) is 37.5 Å². The van der Waals surface area contributed by atoms with Gasteiger partial charge in [-0.3, -0.25) is 0 Å². The first kappa shape index (κ1) is 12.8. The quantitative estimate of drug-likeness (QED) is 0.614. The van der Waals surface area contributed by atoms with Gasteiger partial charge in [-0.15, -0.1) is 0 Å². The van der Waals surface area contributed by atoms with Crippen molar-refractivity contribution in [1.82, 2.24) is 0 Å². The Morgan fingerprint density at radius 3 is 2.53 bits per heavy atom. The summed E-state index contributed by atoms with van der Waals surface area (Å²) >= 11 is 0. The Balaban J connectivity index is 2.52. The first-order valence-corrected chi connectivity index (χ1v) is 5.76. The summed E-state index contributed by atoms with van der Waals surface area (Å²) in [7, 11) is 1.56. The molecule has 0 N–H and O–H groups in total. The Morgan fingerprint density at radius 2 is 1.84 bits per heavy atom. The molecule has 0 aliphatic rings. The number of benzene rings is 2. The van der Waals surface area contributed by atoms with Crippen LogP contribution in [0.3, 0.4) is 0 Å². The Kier molecular flexibility index (Phi) is 3.94. The van der Waals surface area contributed by atoms with Crippen LogP contribution in [-0.2, 0) is 0 Å². The zero-order valence-electron chi connectivity index (χ0n) is 10.4. The molecular formula is C16H12FNO. The van der Waals surface area contributed by atoms with Crippen molar-refractivity contribution in [3.8, 4) is 11.8 Å². The highest BCUT2D eigenvalue weighted by atomic mass is 19.1. The highest BCUT2D eigenvalue weighted by molar-refractivity contribution is 5.90. The molecule has 0 aliphatic heterocycles. The van der Waals surface area contributed by atoms with Crippen LogP contribution in [0, 0.1) is 17.1 Å². The minimum Gasteiger partial charge on any atom is -0.496 e. The second-order valence-corrected chi connectivity index (χ2v) is 3.89. The normalized spacial score (nSPS) is 10.9. The van der Waals surface area contributed by atoms with E-state index in [-0.39, 0.29) is 11.1 Å². The molecule has 19 heavy (non-hydrogen) atoms. The number of rotatable bonds is 3. The number of hydrogen-bond donors (Lipinski definition) is 0. The summed E-state index contributed by atoms with van der Waals surface area (Å²) in [5.74, 6) is 0.233. The lowest BCUT2D eigenvalue weighted by Gasteiger charge is -2.05. The van der Waals surface area contributed by atoms with E-state index in [1.165, 1.54) is 6.07 Å². The Bertz CT molecular complexity index is 656. The summed E-state index contributed by atoms with van der Waals surface area (Å²) in [6.07, 6.45) is 1.62. The van der Waals surface area contributed by atoms with E-state index in [0.717, 1.165) is 5.56 Å². The third kappa shape index (κ3) is 2.80. The lowest BCUT2D eigenvalue weighted by atomic mass is 10.0. The van der Waals surface area contributed by atoms with Crippen LogP contribution in [0.15, 0.2) is 48.5 Å². The van der Waals surface area contributed by atoms with E-state index in [4.69, 9.17) is 4.74 Å². The summed E-state index contributed by atoms with van der Waals surface area (Å²) < 4.78 is 18.9. The fourth-order valence-electron chi connectivity index (χ4n) is 1.79. The van der Waals surface area contributed by atoms with E-state index in [2.05, 4.69) is 0 Å². The van der Waals surface area contributed by atoms with E-state index >= 15 is 0 Å². The highest BCUT2D eigenvalue weighted by Crippen LogP contribution is 2.25. The average molecular weight is 253 g/mol. The molecule has 2 nitrogen and oxygen atoms in total. The Hall–Kier alpha value is -2.60. The molecule has 0 aromatic heterocycles. The maximum atomic E-state index is 13.7. The molecule has 94 valence electrons. The van der Waals surface area contributed by atoms with E-state index in [1.807, 2.05) is 24.3 Å². The van der Waals surface area contributed by atoms with Gasteiger partial charge in [0.25, 0.3) is 0 Å². The van der Waals surface area contributed by atoms with Crippen molar-refractivity contribution in [3.63, 3.8) is 0 Å². The third-order valence-corrected chi connectivity index (χ3v) is 2.72. The van der Waals surface area contributed by atoms with Crippen LogP contribution >= 0.6 is 0 Å². The molecule has 0 atom stereocenters. The highest BCUT2D eigenvalue weighted by Gasteiger charge is 2.08. The summed E-state index contributed by atoms with van der Waals surface area (Å²) in [6.45, 7) is 0. The summed E-state index contributed by atoms with van der Waals surface area (Å²) in [6, 6.07) is 15.5. The first-order chi connectivity index (χ1) is 9.26. The van der Waals surface area contributed by atoms with Gasteiger partial charge in [0.15, 0.2) is 0 Å². The van der Waals surface area contributed by atoms with Gasteiger partial charge < -0.3 is 4.74 Å². The standard InChI is InChI=1S/C16H12FNO/c1-19-16-9-5-2-6-12(16)10-13(11-18)14-7-3-4-8-15(14)17/h2-10H,1H3. The van der Waals surface area contributed by atoms with Gasteiger partial charge in [0.2, 0.25) is 0 Å². The molecule has 0 amide bonds. The predicted molar refractivity (Wildman–Crippen MR) is 72.9 cm³/mol. The molecule has 2 rings (SSSR count). The molecule has 2 aromatic rings. The number of halogens is 1. The molecule has 0 saturated carbocycles. The zero-order chi connectivity index (χ0) is 13.7. The summed E-state index contributed by atoms with van der Waals surface area (Å²) in [4.78, 5) is 0. The van der Waals surface area contributed by atoms with Gasteiger partial charge in [0, 0.05) is 11.1 Å². The van der Waals surface area contributed by atoms with Crippen LogP contribution in [0.25, 0.3) is 11.6 Å². The number of ether oxygens (including phenoxy) is 1. The van der Waals surface area contributed by atoms with Crippen molar-refractivity contribution in [1.29, 1.82) is 5.26 Å². The number of nitriles is 1. The number of nitrogens with zero attached hydrogens (tertiary/aromatic N) is 1. The van der Waals surface area contributed by atoms with Crippen molar-refractivity contribution in [2.24, 2.45) is 0 Å². The van der Waals surface area contributed by atoms with Crippen LogP contribution in [0.5, 0.6) is 5.75 Å². The van der Waals surface area contributed by atoms with Crippen LogP contribution in [0.4, 0.5) is 4.39 Å². The zero-order valence-corrected chi connectivity index (χ0v) is 10.4. The van der Waals surface area contributed by atoms with E-state index < -0.39 is 5.82 Å². The van der Waals surface area contributed by atoms with Gasteiger partial charge in [0.05, 0.1) is 18.8 Å². The number of allylic oxidation sites excluding steroid dienone is 1. The number of para-hydroxylation sites is 1. The second-order valence-electron chi connectivity index (χ2n) is 3.89. The lowest BCUT2D eigenvalue weighted by Crippen LogP contribution is -1.90. The topological polar surface area (TPSA) is 33.0 Å². The molecule has 0 unspecified atom stereocenters. The van der Waals surface area contributed by atoms with Gasteiger partial charge >= 0.3 is 0 Å². The fraction of sp³-hybridized carbons (Fsp3) is 0.0625. The second kappa shape index (κ2) is 5.83. The van der Waals surface area contributed by atoms with Crippen molar-refractivity contribution in [3.05, 3.63) is 65.5 Å². The van der Waals surface area contributed by atoms with Gasteiger partial charge in [0.1, 0.15) is 11.6 Å². The summed E-state index contributed by atoms with van der Waals surface area (Å²) in [5.41, 5.74) is 1.29. The molecule has 0 fully saturated rings. The van der Waals surface area contributed by atoms with Crippen molar-refractivity contribution < 1.29 is 9.13 Å². The molecule has 3 heteroatoms.